The molecule has 0 fully saturated rings. The van der Waals surface area contributed by atoms with Crippen LogP contribution in [0.5, 0.6) is 5.75 Å². The molecule has 0 saturated carbocycles. The highest BCUT2D eigenvalue weighted by Crippen LogP contribution is 2.10. The highest BCUT2D eigenvalue weighted by molar-refractivity contribution is 5.75. The van der Waals surface area contributed by atoms with Gasteiger partial charge in [0, 0.05) is 6.07 Å². The smallest absolute Gasteiger partial charge is 0.254 e. The van der Waals surface area contributed by atoms with Crippen molar-refractivity contribution in [1.82, 2.24) is 14.9 Å². The molecule has 1 amide bonds. The number of hydrogen-bond donors (Lipinski definition) is 1. The number of carbonyl (C=O) groups excluding carboxylic acids is 1. The van der Waals surface area contributed by atoms with Crippen LogP contribution in [0, 0.1) is 5.82 Å². The maximum Gasteiger partial charge on any atom is 0.254 e. The fourth-order valence-corrected chi connectivity index (χ4v) is 1.98. The van der Waals surface area contributed by atoms with Gasteiger partial charge in [-0.2, -0.15) is 0 Å². The average molecular weight is 333 g/mol. The SMILES string of the molecule is CC(C)c1cc(=O)n(CC(=O)NCCOc2ccc(F)cc2)cn1. The summed E-state index contributed by atoms with van der Waals surface area (Å²) < 4.78 is 19.4. The molecule has 0 unspecified atom stereocenters. The maximum atomic E-state index is 12.7. The molecule has 0 aliphatic carbocycles. The molecule has 1 aromatic carbocycles. The van der Waals surface area contributed by atoms with E-state index in [0.29, 0.717) is 11.4 Å². The van der Waals surface area contributed by atoms with Crippen LogP contribution in [0.4, 0.5) is 4.39 Å². The summed E-state index contributed by atoms with van der Waals surface area (Å²) in [6, 6.07) is 7.06. The van der Waals surface area contributed by atoms with E-state index in [1.54, 1.807) is 0 Å². The van der Waals surface area contributed by atoms with Crippen molar-refractivity contribution in [2.45, 2.75) is 26.3 Å². The molecule has 1 heterocycles. The van der Waals surface area contributed by atoms with Crippen molar-refractivity contribution >= 4 is 5.91 Å². The highest BCUT2D eigenvalue weighted by Gasteiger charge is 2.07. The minimum Gasteiger partial charge on any atom is -0.492 e. The van der Waals surface area contributed by atoms with E-state index in [4.69, 9.17) is 4.74 Å². The molecule has 1 aromatic heterocycles. The first-order chi connectivity index (χ1) is 11.5. The lowest BCUT2D eigenvalue weighted by Gasteiger charge is -2.10. The van der Waals surface area contributed by atoms with Crippen molar-refractivity contribution in [1.29, 1.82) is 0 Å². The van der Waals surface area contributed by atoms with Gasteiger partial charge in [-0.1, -0.05) is 13.8 Å². The Kier molecular flexibility index (Phi) is 6.06. The Hall–Kier alpha value is -2.70. The molecule has 7 heteroatoms. The first-order valence-corrected chi connectivity index (χ1v) is 7.67. The molecule has 2 rings (SSSR count). The fraction of sp³-hybridized carbons (Fsp3) is 0.353. The Bertz CT molecular complexity index is 741. The molecule has 1 N–H and O–H groups in total. The zero-order chi connectivity index (χ0) is 17.5. The van der Waals surface area contributed by atoms with Crippen LogP contribution in [0.25, 0.3) is 0 Å². The number of halogens is 1. The van der Waals surface area contributed by atoms with Crippen molar-refractivity contribution < 1.29 is 13.9 Å². The van der Waals surface area contributed by atoms with Crippen LogP contribution in [-0.4, -0.2) is 28.6 Å². The molecule has 6 nitrogen and oxygen atoms in total. The minimum absolute atomic E-state index is 0.0965. The number of rotatable bonds is 7. The predicted molar refractivity (Wildman–Crippen MR) is 87.5 cm³/mol. The minimum atomic E-state index is -0.335. The van der Waals surface area contributed by atoms with E-state index >= 15 is 0 Å². The van der Waals surface area contributed by atoms with Crippen LogP contribution in [0.2, 0.25) is 0 Å². The zero-order valence-electron chi connectivity index (χ0n) is 13.7. The van der Waals surface area contributed by atoms with E-state index in [1.807, 2.05) is 13.8 Å². The molecule has 0 atom stereocenters. The van der Waals surface area contributed by atoms with Gasteiger partial charge in [0.15, 0.2) is 0 Å². The second kappa shape index (κ2) is 8.24. The van der Waals surface area contributed by atoms with Gasteiger partial charge in [0.1, 0.15) is 24.7 Å². The van der Waals surface area contributed by atoms with Crippen LogP contribution >= 0.6 is 0 Å². The van der Waals surface area contributed by atoms with E-state index in [1.165, 1.54) is 41.2 Å². The van der Waals surface area contributed by atoms with E-state index in [-0.39, 0.29) is 42.9 Å². The van der Waals surface area contributed by atoms with Crippen LogP contribution in [0.1, 0.15) is 25.5 Å². The molecular weight excluding hydrogens is 313 g/mol. The number of benzene rings is 1. The standard InChI is InChI=1S/C17H20FN3O3/c1-12(2)15-9-17(23)21(11-20-15)10-16(22)19-7-8-24-14-5-3-13(18)4-6-14/h3-6,9,11-12H,7-8,10H2,1-2H3,(H,19,22). The average Bonchev–Trinajstić information content (AvgIpc) is 2.55. The summed E-state index contributed by atoms with van der Waals surface area (Å²) in [5.74, 6) is 0.0391. The summed E-state index contributed by atoms with van der Waals surface area (Å²) >= 11 is 0. The summed E-state index contributed by atoms with van der Waals surface area (Å²) in [6.07, 6.45) is 1.38. The topological polar surface area (TPSA) is 73.2 Å². The molecule has 0 bridgehead atoms. The Morgan fingerprint density at radius 1 is 1.33 bits per heavy atom. The summed E-state index contributed by atoms with van der Waals surface area (Å²) in [6.45, 7) is 4.32. The highest BCUT2D eigenvalue weighted by atomic mass is 19.1. The number of ether oxygens (including phenoxy) is 1. The summed E-state index contributed by atoms with van der Waals surface area (Å²) in [4.78, 5) is 27.9. The predicted octanol–water partition coefficient (Wildman–Crippen LogP) is 1.70. The zero-order valence-corrected chi connectivity index (χ0v) is 13.7. The normalized spacial score (nSPS) is 10.7. The lowest BCUT2D eigenvalue weighted by molar-refractivity contribution is -0.121. The molecule has 2 aromatic rings. The van der Waals surface area contributed by atoms with Gasteiger partial charge < -0.3 is 10.1 Å². The monoisotopic (exact) mass is 333 g/mol. The fourth-order valence-electron chi connectivity index (χ4n) is 1.98. The van der Waals surface area contributed by atoms with Crippen molar-refractivity contribution in [2.75, 3.05) is 13.2 Å². The summed E-state index contributed by atoms with van der Waals surface area (Å²) in [5.41, 5.74) is 0.441. The van der Waals surface area contributed by atoms with Gasteiger partial charge in [-0.25, -0.2) is 9.37 Å². The van der Waals surface area contributed by atoms with Crippen LogP contribution in [0.3, 0.4) is 0 Å². The first-order valence-electron chi connectivity index (χ1n) is 7.67. The number of nitrogens with one attached hydrogen (secondary N) is 1. The van der Waals surface area contributed by atoms with Gasteiger partial charge in [0.2, 0.25) is 5.91 Å². The molecule has 0 aliphatic heterocycles. The van der Waals surface area contributed by atoms with E-state index in [0.717, 1.165) is 0 Å². The van der Waals surface area contributed by atoms with Gasteiger partial charge in [-0.3, -0.25) is 14.2 Å². The van der Waals surface area contributed by atoms with Crippen LogP contribution in [-0.2, 0) is 11.3 Å². The third-order valence-corrected chi connectivity index (χ3v) is 3.31. The van der Waals surface area contributed by atoms with E-state index < -0.39 is 0 Å². The van der Waals surface area contributed by atoms with Gasteiger partial charge in [-0.05, 0) is 30.2 Å². The molecule has 128 valence electrons. The Morgan fingerprint density at radius 3 is 2.67 bits per heavy atom. The second-order valence-corrected chi connectivity index (χ2v) is 5.59. The van der Waals surface area contributed by atoms with Crippen LogP contribution in [0.15, 0.2) is 41.5 Å². The second-order valence-electron chi connectivity index (χ2n) is 5.59. The Morgan fingerprint density at radius 2 is 2.04 bits per heavy atom. The molecule has 0 saturated heterocycles. The lowest BCUT2D eigenvalue weighted by Crippen LogP contribution is -2.34. The molecular formula is C17H20FN3O3. The van der Waals surface area contributed by atoms with E-state index in [9.17, 15) is 14.0 Å². The van der Waals surface area contributed by atoms with Gasteiger partial charge in [0.25, 0.3) is 5.56 Å². The Labute approximate surface area is 139 Å². The number of amides is 1. The van der Waals surface area contributed by atoms with Crippen molar-refractivity contribution in [3.8, 4) is 5.75 Å². The van der Waals surface area contributed by atoms with E-state index in [2.05, 4.69) is 10.3 Å². The lowest BCUT2D eigenvalue weighted by atomic mass is 10.1. The van der Waals surface area contributed by atoms with Crippen LogP contribution < -0.4 is 15.6 Å². The first kappa shape index (κ1) is 17.7. The third kappa shape index (κ3) is 5.19. The van der Waals surface area contributed by atoms with Gasteiger partial charge in [0.05, 0.1) is 18.6 Å². The number of aromatic nitrogens is 2. The maximum absolute atomic E-state index is 12.7. The molecule has 24 heavy (non-hydrogen) atoms. The molecule has 0 aliphatic rings. The van der Waals surface area contributed by atoms with Crippen molar-refractivity contribution in [2.24, 2.45) is 0 Å². The van der Waals surface area contributed by atoms with Crippen molar-refractivity contribution in [3.05, 3.63) is 58.5 Å². The van der Waals surface area contributed by atoms with Crippen molar-refractivity contribution in [3.63, 3.8) is 0 Å². The van der Waals surface area contributed by atoms with Gasteiger partial charge in [-0.15, -0.1) is 0 Å². The third-order valence-electron chi connectivity index (χ3n) is 3.31. The number of nitrogens with zero attached hydrogens (tertiary/aromatic N) is 2. The quantitative estimate of drug-likeness (QED) is 0.783. The van der Waals surface area contributed by atoms with Gasteiger partial charge >= 0.3 is 0 Å². The molecule has 0 spiro atoms. The molecule has 0 radical (unpaired) electrons. The summed E-state index contributed by atoms with van der Waals surface area (Å²) in [5, 5.41) is 2.65. The number of carbonyl (C=O) groups is 1. The Balaban J connectivity index is 1.77. The number of hydrogen-bond acceptors (Lipinski definition) is 4. The summed E-state index contributed by atoms with van der Waals surface area (Å²) in [7, 11) is 0. The largest absolute Gasteiger partial charge is 0.492 e.